The fourth-order valence-electron chi connectivity index (χ4n) is 0.494. The Balaban J connectivity index is 4.31. The molecule has 0 saturated heterocycles. The molecule has 0 aromatic carbocycles. The molecule has 52 valence electrons. The van der Waals surface area contributed by atoms with Gasteiger partial charge in [0.15, 0.2) is 0 Å². The highest BCUT2D eigenvalue weighted by atomic mass is 31.2. The number of rotatable bonds is 3. The third-order valence-electron chi connectivity index (χ3n) is 1.05. The van der Waals surface area contributed by atoms with Crippen LogP contribution in [-0.4, -0.2) is 12.3 Å². The van der Waals surface area contributed by atoms with Crippen LogP contribution >= 0.6 is 7.14 Å². The third-order valence-corrected chi connectivity index (χ3v) is 3.15. The van der Waals surface area contributed by atoms with Crippen molar-refractivity contribution in [1.29, 1.82) is 0 Å². The molecule has 0 aromatic heterocycles. The second kappa shape index (κ2) is 3.99. The van der Waals surface area contributed by atoms with Gasteiger partial charge < -0.3 is 4.57 Å². The minimum Gasteiger partial charge on any atom is -0.317 e. The maximum absolute atomic E-state index is 11.4. The van der Waals surface area contributed by atoms with Gasteiger partial charge in [0.25, 0.3) is 0 Å². The SMILES string of the molecule is C#CCP(=O)(C=C)CC#C. The lowest BCUT2D eigenvalue weighted by molar-refractivity contribution is 0.585. The van der Waals surface area contributed by atoms with Crippen molar-refractivity contribution in [2.75, 3.05) is 12.3 Å². The third kappa shape index (κ3) is 2.58. The molecule has 0 atom stereocenters. The lowest BCUT2D eigenvalue weighted by Gasteiger charge is -2.03. The van der Waals surface area contributed by atoms with Gasteiger partial charge in [-0.2, -0.15) is 0 Å². The lowest BCUT2D eigenvalue weighted by Crippen LogP contribution is -1.86. The quantitative estimate of drug-likeness (QED) is 0.445. The Labute approximate surface area is 61.9 Å². The average Bonchev–Trinajstić information content (AvgIpc) is 1.89. The Kier molecular flexibility index (Phi) is 3.63. The van der Waals surface area contributed by atoms with Crippen LogP contribution in [0.3, 0.4) is 0 Å². The topological polar surface area (TPSA) is 17.1 Å². The average molecular weight is 152 g/mol. The number of hydrogen-bond acceptors (Lipinski definition) is 1. The monoisotopic (exact) mass is 152 g/mol. The molecule has 0 N–H and O–H groups in total. The Morgan fingerprint density at radius 1 is 1.40 bits per heavy atom. The summed E-state index contributed by atoms with van der Waals surface area (Å²) in [6.07, 6.45) is 10.4. The second-order valence-corrected chi connectivity index (χ2v) is 4.76. The van der Waals surface area contributed by atoms with Crippen LogP contribution in [0.2, 0.25) is 0 Å². The van der Waals surface area contributed by atoms with Gasteiger partial charge in [0.05, 0.1) is 12.3 Å². The van der Waals surface area contributed by atoms with E-state index in [2.05, 4.69) is 18.4 Å². The van der Waals surface area contributed by atoms with Gasteiger partial charge in [-0.15, -0.1) is 12.8 Å². The predicted molar refractivity (Wildman–Crippen MR) is 45.2 cm³/mol. The molecule has 0 fully saturated rings. The molecule has 0 aliphatic carbocycles. The van der Waals surface area contributed by atoms with Crippen molar-refractivity contribution in [3.05, 3.63) is 12.4 Å². The summed E-state index contributed by atoms with van der Waals surface area (Å²) in [6.45, 7) is 3.42. The molecular formula is C8H9OP. The van der Waals surface area contributed by atoms with E-state index >= 15 is 0 Å². The van der Waals surface area contributed by atoms with Crippen LogP contribution in [0.15, 0.2) is 12.4 Å². The van der Waals surface area contributed by atoms with Gasteiger partial charge in [0.2, 0.25) is 0 Å². The number of terminal acetylenes is 2. The molecule has 0 amide bonds. The summed E-state index contributed by atoms with van der Waals surface area (Å²) in [7, 11) is -2.41. The van der Waals surface area contributed by atoms with Crippen molar-refractivity contribution in [2.24, 2.45) is 0 Å². The van der Waals surface area contributed by atoms with Crippen molar-refractivity contribution in [3.63, 3.8) is 0 Å². The summed E-state index contributed by atoms with van der Waals surface area (Å²) < 4.78 is 11.4. The Morgan fingerprint density at radius 2 is 1.80 bits per heavy atom. The smallest absolute Gasteiger partial charge is 0.130 e. The van der Waals surface area contributed by atoms with E-state index in [1.165, 1.54) is 5.82 Å². The van der Waals surface area contributed by atoms with E-state index in [-0.39, 0.29) is 12.3 Å². The fraction of sp³-hybridized carbons (Fsp3) is 0.250. The molecule has 0 unspecified atom stereocenters. The highest BCUT2D eigenvalue weighted by Crippen LogP contribution is 2.45. The first-order valence-corrected chi connectivity index (χ1v) is 4.91. The van der Waals surface area contributed by atoms with Crippen LogP contribution in [-0.2, 0) is 4.57 Å². The second-order valence-electron chi connectivity index (χ2n) is 1.86. The van der Waals surface area contributed by atoms with Crippen molar-refractivity contribution in [2.45, 2.75) is 0 Å². The molecule has 10 heavy (non-hydrogen) atoms. The first-order chi connectivity index (χ1) is 4.68. The maximum Gasteiger partial charge on any atom is 0.130 e. The highest BCUT2D eigenvalue weighted by molar-refractivity contribution is 7.67. The largest absolute Gasteiger partial charge is 0.317 e. The van der Waals surface area contributed by atoms with Crippen molar-refractivity contribution in [1.82, 2.24) is 0 Å². The van der Waals surface area contributed by atoms with Gasteiger partial charge in [0.1, 0.15) is 7.14 Å². The molecule has 0 heterocycles. The molecule has 2 heteroatoms. The van der Waals surface area contributed by atoms with E-state index in [0.29, 0.717) is 0 Å². The van der Waals surface area contributed by atoms with Crippen LogP contribution < -0.4 is 0 Å². The molecule has 0 radical (unpaired) electrons. The van der Waals surface area contributed by atoms with Crippen molar-refractivity contribution >= 4 is 7.14 Å². The van der Waals surface area contributed by atoms with E-state index in [4.69, 9.17) is 12.8 Å². The van der Waals surface area contributed by atoms with Crippen LogP contribution in [0.4, 0.5) is 0 Å². The summed E-state index contributed by atoms with van der Waals surface area (Å²) in [5.74, 6) is 6.01. The number of hydrogen-bond donors (Lipinski definition) is 0. The first-order valence-electron chi connectivity index (χ1n) is 2.77. The summed E-state index contributed by atoms with van der Waals surface area (Å²) >= 11 is 0. The zero-order valence-electron chi connectivity index (χ0n) is 5.71. The molecule has 0 saturated carbocycles. The molecular weight excluding hydrogens is 143 g/mol. The molecule has 0 spiro atoms. The van der Waals surface area contributed by atoms with Gasteiger partial charge in [-0.05, 0) is 5.82 Å². The minimum absolute atomic E-state index is 0.223. The predicted octanol–water partition coefficient (Wildman–Crippen LogP) is 1.76. The van der Waals surface area contributed by atoms with Gasteiger partial charge in [-0.25, -0.2) is 0 Å². The Morgan fingerprint density at radius 3 is 2.00 bits per heavy atom. The van der Waals surface area contributed by atoms with Gasteiger partial charge in [-0.3, -0.25) is 0 Å². The lowest BCUT2D eigenvalue weighted by atomic mass is 10.8. The van der Waals surface area contributed by atoms with Gasteiger partial charge in [-0.1, -0.05) is 18.4 Å². The zero-order chi connectivity index (χ0) is 8.04. The van der Waals surface area contributed by atoms with E-state index < -0.39 is 7.14 Å². The Hall–Kier alpha value is -0.910. The van der Waals surface area contributed by atoms with Crippen LogP contribution in [0.1, 0.15) is 0 Å². The molecule has 0 aromatic rings. The fourth-order valence-corrected chi connectivity index (χ4v) is 1.48. The van der Waals surface area contributed by atoms with Crippen molar-refractivity contribution < 1.29 is 4.57 Å². The summed E-state index contributed by atoms with van der Waals surface area (Å²) in [4.78, 5) is 0. The first kappa shape index (κ1) is 9.09. The van der Waals surface area contributed by atoms with E-state index in [1.54, 1.807) is 0 Å². The maximum atomic E-state index is 11.4. The van der Waals surface area contributed by atoms with Crippen molar-refractivity contribution in [3.8, 4) is 24.7 Å². The summed E-state index contributed by atoms with van der Waals surface area (Å²) in [5.41, 5.74) is 0. The molecule has 0 rings (SSSR count). The zero-order valence-corrected chi connectivity index (χ0v) is 6.60. The van der Waals surface area contributed by atoms with Crippen LogP contribution in [0, 0.1) is 24.7 Å². The van der Waals surface area contributed by atoms with E-state index in [1.807, 2.05) is 0 Å². The molecule has 1 nitrogen and oxygen atoms in total. The standard InChI is InChI=1S/C8H9OP/c1-4-7-10(9,6-3)8-5-2/h1-2,6H,3,7-8H2. The summed E-state index contributed by atoms with van der Waals surface area (Å²) in [6, 6.07) is 0. The molecule has 0 aliphatic rings. The van der Waals surface area contributed by atoms with Crippen LogP contribution in [0.25, 0.3) is 0 Å². The summed E-state index contributed by atoms with van der Waals surface area (Å²) in [5, 5.41) is 0. The normalized spacial score (nSPS) is 9.40. The van der Waals surface area contributed by atoms with E-state index in [0.717, 1.165) is 0 Å². The molecule has 0 bridgehead atoms. The van der Waals surface area contributed by atoms with Gasteiger partial charge in [0, 0.05) is 0 Å². The van der Waals surface area contributed by atoms with Crippen LogP contribution in [0.5, 0.6) is 0 Å². The van der Waals surface area contributed by atoms with Gasteiger partial charge >= 0.3 is 0 Å². The molecule has 0 aliphatic heterocycles. The minimum atomic E-state index is -2.41. The highest BCUT2D eigenvalue weighted by Gasteiger charge is 2.13. The van der Waals surface area contributed by atoms with E-state index in [9.17, 15) is 4.57 Å². The Bertz CT molecular complexity index is 219.